The Balaban J connectivity index is 3.67. The normalized spacial score (nSPS) is 9.50. The van der Waals surface area contributed by atoms with Crippen LogP contribution in [0.3, 0.4) is 0 Å². The van der Waals surface area contributed by atoms with Gasteiger partial charge in [0, 0.05) is 0 Å². The summed E-state index contributed by atoms with van der Waals surface area (Å²) in [4.78, 5) is 18.8. The molecule has 44 valence electrons. The van der Waals surface area contributed by atoms with Crippen molar-refractivity contribution in [2.24, 2.45) is 10.2 Å². The highest BCUT2D eigenvalue weighted by atomic mass is 16.4. The topological polar surface area (TPSA) is 99.3 Å². The maximum absolute atomic E-state index is 9.38. The number of azo groups is 1. The van der Waals surface area contributed by atoms with E-state index in [1.807, 2.05) is 0 Å². The second kappa shape index (κ2) is 2.67. The van der Waals surface area contributed by atoms with E-state index < -0.39 is 12.2 Å². The SMILES string of the molecule is O=C(O)/N=N/C(=O)O. The predicted molar refractivity (Wildman–Crippen MR) is 20.9 cm³/mol. The van der Waals surface area contributed by atoms with E-state index in [0.717, 1.165) is 0 Å². The molecule has 0 heterocycles. The minimum absolute atomic E-state index is 1.62. The number of carbonyl (C=O) groups is 2. The van der Waals surface area contributed by atoms with Gasteiger partial charge >= 0.3 is 12.2 Å². The van der Waals surface area contributed by atoms with Crippen molar-refractivity contribution >= 4 is 12.2 Å². The fourth-order valence-corrected chi connectivity index (χ4v) is 0.0855. The Bertz CT molecular complexity index is 123. The zero-order valence-electron chi connectivity index (χ0n) is 3.61. The molecule has 0 rings (SSSR count). The third-order valence-corrected chi connectivity index (χ3v) is 0.221. The van der Waals surface area contributed by atoms with E-state index in [0.29, 0.717) is 0 Å². The highest BCUT2D eigenvalue weighted by Crippen LogP contribution is 1.76. The summed E-state index contributed by atoms with van der Waals surface area (Å²) in [5, 5.41) is 19.8. The van der Waals surface area contributed by atoms with Gasteiger partial charge in [0.1, 0.15) is 0 Å². The molecule has 0 fully saturated rings. The van der Waals surface area contributed by atoms with E-state index in [1.54, 1.807) is 0 Å². The molecule has 0 aromatic rings. The Morgan fingerprint density at radius 1 is 1.00 bits per heavy atom. The number of rotatable bonds is 0. The van der Waals surface area contributed by atoms with E-state index in [-0.39, 0.29) is 0 Å². The van der Waals surface area contributed by atoms with E-state index in [9.17, 15) is 9.59 Å². The molecule has 8 heavy (non-hydrogen) atoms. The molecule has 0 atom stereocenters. The Kier molecular flexibility index (Phi) is 2.18. The van der Waals surface area contributed by atoms with E-state index in [4.69, 9.17) is 10.2 Å². The smallest absolute Gasteiger partial charge is 0.450 e. The largest absolute Gasteiger partial charge is 0.462 e. The summed E-state index contributed by atoms with van der Waals surface area (Å²) < 4.78 is 0. The summed E-state index contributed by atoms with van der Waals surface area (Å²) in [6.07, 6.45) is -3.24. The summed E-state index contributed by atoms with van der Waals surface area (Å²) >= 11 is 0. The van der Waals surface area contributed by atoms with Crippen LogP contribution >= 0.6 is 0 Å². The van der Waals surface area contributed by atoms with Crippen molar-refractivity contribution in [3.63, 3.8) is 0 Å². The van der Waals surface area contributed by atoms with Gasteiger partial charge in [0.25, 0.3) is 0 Å². The Morgan fingerprint density at radius 3 is 1.38 bits per heavy atom. The molecule has 6 heteroatoms. The van der Waals surface area contributed by atoms with Crippen molar-refractivity contribution in [2.75, 3.05) is 0 Å². The molecule has 0 saturated heterocycles. The zero-order chi connectivity index (χ0) is 6.57. The van der Waals surface area contributed by atoms with Crippen LogP contribution in [0.15, 0.2) is 10.2 Å². The average Bonchev–Trinajstić information content (AvgIpc) is 1.61. The van der Waals surface area contributed by atoms with Crippen LogP contribution in [-0.2, 0) is 0 Å². The van der Waals surface area contributed by atoms with Gasteiger partial charge in [0.2, 0.25) is 0 Å². The first-order valence-corrected chi connectivity index (χ1v) is 1.50. The lowest BCUT2D eigenvalue weighted by atomic mass is 11.2. The summed E-state index contributed by atoms with van der Waals surface area (Å²) in [6, 6.07) is 0. The van der Waals surface area contributed by atoms with Gasteiger partial charge in [-0.05, 0) is 0 Å². The lowest BCUT2D eigenvalue weighted by molar-refractivity contribution is 0.194. The van der Waals surface area contributed by atoms with Gasteiger partial charge in [0.05, 0.1) is 0 Å². The standard InChI is InChI=1S/C2H2N2O4/c5-1(6)3-4-2(7)8/h(H,5,6)(H,7,8)/b4-3+. The Hall–Kier alpha value is -1.46. The summed E-state index contributed by atoms with van der Waals surface area (Å²) in [5.74, 6) is 0. The van der Waals surface area contributed by atoms with Crippen molar-refractivity contribution < 1.29 is 19.8 Å². The fraction of sp³-hybridized carbons (Fsp3) is 0. The first kappa shape index (κ1) is 6.54. The summed E-state index contributed by atoms with van der Waals surface area (Å²) in [6.45, 7) is 0. The fourth-order valence-electron chi connectivity index (χ4n) is 0.0855. The quantitative estimate of drug-likeness (QED) is 0.459. The van der Waals surface area contributed by atoms with Gasteiger partial charge in [-0.15, -0.1) is 0 Å². The molecule has 0 spiro atoms. The monoisotopic (exact) mass is 118 g/mol. The lowest BCUT2D eigenvalue weighted by Crippen LogP contribution is -1.87. The molecule has 0 unspecified atom stereocenters. The number of nitrogens with zero attached hydrogens (tertiary/aromatic N) is 2. The molecule has 0 radical (unpaired) electrons. The van der Waals surface area contributed by atoms with Crippen LogP contribution in [0.5, 0.6) is 0 Å². The predicted octanol–water partition coefficient (Wildman–Crippen LogP) is 0.795. The first-order valence-electron chi connectivity index (χ1n) is 1.50. The molecule has 0 saturated carbocycles. The average molecular weight is 118 g/mol. The zero-order valence-corrected chi connectivity index (χ0v) is 3.61. The van der Waals surface area contributed by atoms with Crippen molar-refractivity contribution in [3.05, 3.63) is 0 Å². The highest BCUT2D eigenvalue weighted by Gasteiger charge is 1.91. The summed E-state index contributed by atoms with van der Waals surface area (Å²) in [5.41, 5.74) is 0. The van der Waals surface area contributed by atoms with Crippen LogP contribution in [0.2, 0.25) is 0 Å². The van der Waals surface area contributed by atoms with Gasteiger partial charge in [-0.2, -0.15) is 0 Å². The molecule has 0 aliphatic heterocycles. The van der Waals surface area contributed by atoms with Gasteiger partial charge in [-0.1, -0.05) is 10.2 Å². The number of amides is 2. The number of carboxylic acid groups (broad SMARTS) is 2. The maximum atomic E-state index is 9.38. The van der Waals surface area contributed by atoms with Crippen LogP contribution < -0.4 is 0 Å². The molecule has 0 aromatic heterocycles. The molecular formula is C2H2N2O4. The van der Waals surface area contributed by atoms with Crippen molar-refractivity contribution in [1.82, 2.24) is 0 Å². The molecular weight excluding hydrogens is 116 g/mol. The Labute approximate surface area is 43.5 Å². The molecule has 0 aliphatic carbocycles. The Morgan fingerprint density at radius 2 is 1.25 bits per heavy atom. The van der Waals surface area contributed by atoms with Crippen LogP contribution in [0.25, 0.3) is 0 Å². The van der Waals surface area contributed by atoms with E-state index in [2.05, 4.69) is 10.2 Å². The van der Waals surface area contributed by atoms with Crippen LogP contribution in [0.4, 0.5) is 9.59 Å². The highest BCUT2D eigenvalue weighted by molar-refractivity contribution is 5.70. The molecule has 0 aliphatic rings. The summed E-state index contributed by atoms with van der Waals surface area (Å²) in [7, 11) is 0. The van der Waals surface area contributed by atoms with Crippen LogP contribution in [-0.4, -0.2) is 22.4 Å². The van der Waals surface area contributed by atoms with Crippen molar-refractivity contribution in [3.8, 4) is 0 Å². The molecule has 0 aromatic carbocycles. The van der Waals surface area contributed by atoms with Crippen LogP contribution in [0, 0.1) is 0 Å². The molecule has 0 bridgehead atoms. The van der Waals surface area contributed by atoms with Gasteiger partial charge in [-0.3, -0.25) is 0 Å². The van der Waals surface area contributed by atoms with Gasteiger partial charge in [-0.25, -0.2) is 9.59 Å². The molecule has 2 N–H and O–H groups in total. The number of hydrogen-bond acceptors (Lipinski definition) is 2. The van der Waals surface area contributed by atoms with Gasteiger partial charge < -0.3 is 10.2 Å². The van der Waals surface area contributed by atoms with Crippen molar-refractivity contribution in [2.45, 2.75) is 0 Å². The van der Waals surface area contributed by atoms with Crippen molar-refractivity contribution in [1.29, 1.82) is 0 Å². The third-order valence-electron chi connectivity index (χ3n) is 0.221. The maximum Gasteiger partial charge on any atom is 0.450 e. The minimum Gasteiger partial charge on any atom is -0.462 e. The van der Waals surface area contributed by atoms with Crippen LogP contribution in [0.1, 0.15) is 0 Å². The third kappa shape index (κ3) is 4.54. The first-order chi connectivity index (χ1) is 3.63. The molecule has 2 amide bonds. The molecule has 6 nitrogen and oxygen atoms in total. The van der Waals surface area contributed by atoms with E-state index in [1.165, 1.54) is 0 Å². The lowest BCUT2D eigenvalue weighted by Gasteiger charge is -1.72. The second-order valence-corrected chi connectivity index (χ2v) is 0.765. The second-order valence-electron chi connectivity index (χ2n) is 0.765. The van der Waals surface area contributed by atoms with Gasteiger partial charge in [0.15, 0.2) is 0 Å². The van der Waals surface area contributed by atoms with E-state index >= 15 is 0 Å². The minimum atomic E-state index is -1.62. The number of hydrogen-bond donors (Lipinski definition) is 2.